The zero-order valence-electron chi connectivity index (χ0n) is 9.73. The van der Waals surface area contributed by atoms with Gasteiger partial charge in [-0.25, -0.2) is 0 Å². The number of hydrogen-bond donors (Lipinski definition) is 0. The van der Waals surface area contributed by atoms with Gasteiger partial charge in [-0.05, 0) is 32.1 Å². The Bertz CT molecular complexity index is 249. The molecular weight excluding hydrogens is 192 g/mol. The average Bonchev–Trinajstić information content (AvgIpc) is 2.80. The minimum Gasteiger partial charge on any atom is -0.347 e. The van der Waals surface area contributed by atoms with Crippen molar-refractivity contribution in [2.45, 2.75) is 58.0 Å². The van der Waals surface area contributed by atoms with Crippen LogP contribution in [0.15, 0.2) is 0 Å². The van der Waals surface area contributed by atoms with Gasteiger partial charge in [0.25, 0.3) is 0 Å². The Morgan fingerprint density at radius 1 is 1.33 bits per heavy atom. The van der Waals surface area contributed by atoms with Crippen LogP contribution < -0.4 is 0 Å². The lowest BCUT2D eigenvalue weighted by molar-refractivity contribution is -0.302. The molecule has 2 aliphatic rings. The summed E-state index contributed by atoms with van der Waals surface area (Å²) in [6, 6.07) is 0. The molecule has 2 rings (SSSR count). The summed E-state index contributed by atoms with van der Waals surface area (Å²) in [5.41, 5.74) is 0. The highest BCUT2D eigenvalue weighted by Crippen LogP contribution is 2.46. The van der Waals surface area contributed by atoms with Gasteiger partial charge < -0.3 is 14.3 Å². The maximum absolute atomic E-state index is 10.5. The topological polar surface area (TPSA) is 35.5 Å². The van der Waals surface area contributed by atoms with Gasteiger partial charge in [-0.3, -0.25) is 0 Å². The normalized spacial score (nSPS) is 43.7. The van der Waals surface area contributed by atoms with E-state index < -0.39 is 5.79 Å². The molecule has 2 fully saturated rings. The van der Waals surface area contributed by atoms with Crippen LogP contribution in [0.5, 0.6) is 0 Å². The largest absolute Gasteiger partial charge is 0.347 e. The molecular formula is C12H20O3. The van der Waals surface area contributed by atoms with Crippen molar-refractivity contribution in [3.05, 3.63) is 0 Å². The number of carbonyl (C=O) groups excluding carboxylic acids is 1. The zero-order valence-corrected chi connectivity index (χ0v) is 9.73. The summed E-state index contributed by atoms with van der Waals surface area (Å²) < 4.78 is 11.6. The zero-order chi connectivity index (χ0) is 11.1. The third kappa shape index (κ3) is 2.58. The third-order valence-corrected chi connectivity index (χ3v) is 3.39. The van der Waals surface area contributed by atoms with Crippen molar-refractivity contribution in [1.29, 1.82) is 0 Å². The molecule has 0 N–H and O–H groups in total. The molecule has 0 aromatic carbocycles. The molecule has 1 aliphatic carbocycles. The Morgan fingerprint density at radius 2 is 2.00 bits per heavy atom. The smallest absolute Gasteiger partial charge is 0.163 e. The van der Waals surface area contributed by atoms with Gasteiger partial charge in [0.1, 0.15) is 6.29 Å². The second-order valence-corrected chi connectivity index (χ2v) is 5.31. The van der Waals surface area contributed by atoms with Gasteiger partial charge in [0.2, 0.25) is 0 Å². The van der Waals surface area contributed by atoms with Gasteiger partial charge in [0.15, 0.2) is 5.79 Å². The summed E-state index contributed by atoms with van der Waals surface area (Å²) >= 11 is 0. The molecule has 86 valence electrons. The molecule has 3 heteroatoms. The highest BCUT2D eigenvalue weighted by atomic mass is 16.7. The monoisotopic (exact) mass is 212 g/mol. The van der Waals surface area contributed by atoms with E-state index in [1.165, 1.54) is 6.42 Å². The molecule has 1 aliphatic heterocycles. The predicted octanol–water partition coefficient (Wildman–Crippen LogP) is 2.14. The van der Waals surface area contributed by atoms with Crippen LogP contribution in [0.25, 0.3) is 0 Å². The fraction of sp³-hybridized carbons (Fsp3) is 0.917. The summed E-state index contributed by atoms with van der Waals surface area (Å²) in [6.45, 7) is 6.12. The first-order chi connectivity index (χ1) is 7.02. The number of carbonyl (C=O) groups is 1. The Morgan fingerprint density at radius 3 is 2.53 bits per heavy atom. The van der Waals surface area contributed by atoms with E-state index in [0.717, 1.165) is 18.6 Å². The lowest BCUT2D eigenvalue weighted by Crippen LogP contribution is -2.45. The number of rotatable bonds is 3. The summed E-state index contributed by atoms with van der Waals surface area (Å²) in [5, 5.41) is 0. The van der Waals surface area contributed by atoms with Gasteiger partial charge in [-0.15, -0.1) is 0 Å². The quantitative estimate of drug-likeness (QED) is 0.672. The van der Waals surface area contributed by atoms with Crippen molar-refractivity contribution in [3.63, 3.8) is 0 Å². The molecule has 1 heterocycles. The Kier molecular flexibility index (Phi) is 2.86. The van der Waals surface area contributed by atoms with Gasteiger partial charge >= 0.3 is 0 Å². The van der Waals surface area contributed by atoms with Gasteiger partial charge in [-0.1, -0.05) is 6.92 Å². The van der Waals surface area contributed by atoms with Gasteiger partial charge in [-0.2, -0.15) is 0 Å². The maximum Gasteiger partial charge on any atom is 0.163 e. The summed E-state index contributed by atoms with van der Waals surface area (Å²) in [6.07, 6.45) is 3.90. The lowest BCUT2D eigenvalue weighted by Gasteiger charge is -2.40. The second-order valence-electron chi connectivity index (χ2n) is 5.31. The van der Waals surface area contributed by atoms with Crippen molar-refractivity contribution in [2.75, 3.05) is 0 Å². The minimum absolute atomic E-state index is 0.0454. The molecule has 1 saturated carbocycles. The van der Waals surface area contributed by atoms with Crippen molar-refractivity contribution in [1.82, 2.24) is 0 Å². The van der Waals surface area contributed by atoms with Crippen LogP contribution in [-0.2, 0) is 14.3 Å². The maximum atomic E-state index is 10.5. The molecule has 0 unspecified atom stereocenters. The fourth-order valence-corrected chi connectivity index (χ4v) is 2.53. The fourth-order valence-electron chi connectivity index (χ4n) is 2.53. The van der Waals surface area contributed by atoms with Crippen molar-refractivity contribution >= 4 is 6.29 Å². The highest BCUT2D eigenvalue weighted by Gasteiger charge is 2.46. The summed E-state index contributed by atoms with van der Waals surface area (Å²) in [5.74, 6) is 0.932. The number of aldehydes is 1. The Hall–Kier alpha value is -0.410. The lowest BCUT2D eigenvalue weighted by atomic mass is 10.0. The summed E-state index contributed by atoms with van der Waals surface area (Å²) in [7, 11) is 0. The molecule has 0 aromatic rings. The predicted molar refractivity (Wildman–Crippen MR) is 56.4 cm³/mol. The molecule has 15 heavy (non-hydrogen) atoms. The van der Waals surface area contributed by atoms with E-state index in [-0.39, 0.29) is 12.2 Å². The van der Waals surface area contributed by atoms with E-state index in [1.54, 1.807) is 0 Å². The molecule has 0 amide bonds. The first kappa shape index (κ1) is 11.1. The number of ether oxygens (including phenoxy) is 2. The van der Waals surface area contributed by atoms with Crippen LogP contribution in [0.2, 0.25) is 0 Å². The molecule has 1 saturated heterocycles. The molecule has 0 aromatic heterocycles. The van der Waals surface area contributed by atoms with Crippen LogP contribution in [0.1, 0.15) is 40.0 Å². The van der Waals surface area contributed by atoms with E-state index in [2.05, 4.69) is 6.92 Å². The first-order valence-corrected chi connectivity index (χ1v) is 5.81. The molecule has 0 spiro atoms. The van der Waals surface area contributed by atoms with Gasteiger partial charge in [0.05, 0.1) is 12.2 Å². The minimum atomic E-state index is -0.529. The molecule has 0 bridgehead atoms. The molecule has 0 radical (unpaired) electrons. The van der Waals surface area contributed by atoms with E-state index >= 15 is 0 Å². The van der Waals surface area contributed by atoms with Crippen LogP contribution in [0.4, 0.5) is 0 Å². The number of hydrogen-bond acceptors (Lipinski definition) is 3. The second kappa shape index (κ2) is 3.87. The molecule has 3 nitrogen and oxygen atoms in total. The van der Waals surface area contributed by atoms with E-state index in [1.807, 2.05) is 13.8 Å². The van der Waals surface area contributed by atoms with Gasteiger partial charge in [0, 0.05) is 12.8 Å². The van der Waals surface area contributed by atoms with E-state index in [0.29, 0.717) is 12.3 Å². The van der Waals surface area contributed by atoms with Crippen molar-refractivity contribution in [2.24, 2.45) is 11.8 Å². The van der Waals surface area contributed by atoms with Crippen molar-refractivity contribution in [3.8, 4) is 0 Å². The van der Waals surface area contributed by atoms with E-state index in [9.17, 15) is 4.79 Å². The average molecular weight is 212 g/mol. The highest BCUT2D eigenvalue weighted by molar-refractivity contribution is 5.50. The first-order valence-electron chi connectivity index (χ1n) is 5.81. The van der Waals surface area contributed by atoms with E-state index in [4.69, 9.17) is 9.47 Å². The van der Waals surface area contributed by atoms with Crippen LogP contribution >= 0.6 is 0 Å². The van der Waals surface area contributed by atoms with Crippen molar-refractivity contribution < 1.29 is 14.3 Å². The third-order valence-electron chi connectivity index (χ3n) is 3.39. The Labute approximate surface area is 91.1 Å². The van der Waals surface area contributed by atoms with Crippen LogP contribution in [-0.4, -0.2) is 24.3 Å². The summed E-state index contributed by atoms with van der Waals surface area (Å²) in [4.78, 5) is 10.5. The molecule has 4 atom stereocenters. The SMILES string of the molecule is C[C@@H]1C[C@H]1[C@H]1C[C@H](CC=O)OC(C)(C)O1. The standard InChI is InChI=1S/C12H20O3/c1-8-6-10(8)11-7-9(4-5-13)14-12(2,3)15-11/h5,8-11H,4,6-7H2,1-3H3/t8-,9+,10-,11-/m1/s1. The van der Waals surface area contributed by atoms with Crippen LogP contribution in [0.3, 0.4) is 0 Å². The Balaban J connectivity index is 1.97. The van der Waals surface area contributed by atoms with Crippen LogP contribution in [0, 0.1) is 11.8 Å².